The normalized spacial score (nSPS) is 16.2. The van der Waals surface area contributed by atoms with E-state index in [4.69, 9.17) is 9.47 Å². The minimum Gasteiger partial charge on any atom is -0.457 e. The van der Waals surface area contributed by atoms with E-state index in [0.29, 0.717) is 17.2 Å². The number of amides is 4. The van der Waals surface area contributed by atoms with E-state index in [1.54, 1.807) is 24.3 Å². The molecule has 2 aromatic carbocycles. The van der Waals surface area contributed by atoms with Gasteiger partial charge in [-0.15, -0.1) is 0 Å². The highest BCUT2D eigenvalue weighted by Gasteiger charge is 2.30. The zero-order chi connectivity index (χ0) is 21.5. The van der Waals surface area contributed by atoms with Crippen LogP contribution in [0.2, 0.25) is 0 Å². The number of esters is 1. The Balaban J connectivity index is 1.43. The molecule has 0 bridgehead atoms. The molecule has 1 aliphatic heterocycles. The molecule has 0 unspecified atom stereocenters. The third-order valence-electron chi connectivity index (χ3n) is 4.27. The predicted octanol–water partition coefficient (Wildman–Crippen LogP) is 2.34. The fraction of sp³-hybridized carbons (Fsp3) is 0.238. The van der Waals surface area contributed by atoms with Gasteiger partial charge in [0, 0.05) is 12.1 Å². The number of nitrogens with one attached hydrogen (secondary N) is 3. The van der Waals surface area contributed by atoms with Gasteiger partial charge in [0.25, 0.3) is 11.8 Å². The zero-order valence-electron chi connectivity index (χ0n) is 16.2. The van der Waals surface area contributed by atoms with E-state index in [1.807, 2.05) is 30.3 Å². The summed E-state index contributed by atoms with van der Waals surface area (Å²) < 4.78 is 10.8. The Morgan fingerprint density at radius 1 is 1.03 bits per heavy atom. The average Bonchev–Trinajstić information content (AvgIpc) is 3.05. The second kappa shape index (κ2) is 9.55. The highest BCUT2D eigenvalue weighted by molar-refractivity contribution is 6.04. The number of anilines is 1. The quantitative estimate of drug-likeness (QED) is 0.453. The molecule has 1 aliphatic rings. The molecule has 9 nitrogen and oxygen atoms in total. The molecule has 0 aromatic heterocycles. The molecule has 0 spiro atoms. The molecule has 156 valence electrons. The molecule has 2 atom stereocenters. The lowest BCUT2D eigenvalue weighted by Crippen LogP contribution is -2.32. The summed E-state index contributed by atoms with van der Waals surface area (Å²) >= 11 is 0. The van der Waals surface area contributed by atoms with Crippen molar-refractivity contribution < 1.29 is 28.7 Å². The Kier molecular flexibility index (Phi) is 6.63. The van der Waals surface area contributed by atoms with Crippen LogP contribution in [0.1, 0.15) is 19.8 Å². The van der Waals surface area contributed by atoms with Crippen LogP contribution < -0.4 is 20.7 Å². The van der Waals surface area contributed by atoms with Gasteiger partial charge in [0.2, 0.25) is 0 Å². The number of imide groups is 1. The van der Waals surface area contributed by atoms with Gasteiger partial charge >= 0.3 is 12.0 Å². The molecule has 0 aliphatic carbocycles. The molecular weight excluding hydrogens is 390 g/mol. The van der Waals surface area contributed by atoms with E-state index in [0.717, 1.165) is 0 Å². The topological polar surface area (TPSA) is 123 Å². The van der Waals surface area contributed by atoms with Gasteiger partial charge in [0.05, 0.1) is 0 Å². The van der Waals surface area contributed by atoms with Gasteiger partial charge in [-0.2, -0.15) is 0 Å². The molecule has 0 saturated carbocycles. The first kappa shape index (κ1) is 20.8. The first-order valence-electron chi connectivity index (χ1n) is 9.35. The van der Waals surface area contributed by atoms with Gasteiger partial charge in [-0.3, -0.25) is 19.7 Å². The maximum atomic E-state index is 12.2. The van der Waals surface area contributed by atoms with E-state index in [2.05, 4.69) is 16.0 Å². The number of rotatable bonds is 8. The van der Waals surface area contributed by atoms with Crippen LogP contribution in [0, 0.1) is 0 Å². The van der Waals surface area contributed by atoms with Crippen LogP contribution in [-0.2, 0) is 19.1 Å². The number of hydrogen-bond acceptors (Lipinski definition) is 6. The molecule has 1 heterocycles. The summed E-state index contributed by atoms with van der Waals surface area (Å²) in [5.74, 6) is -0.310. The second-order valence-corrected chi connectivity index (χ2v) is 6.61. The fourth-order valence-corrected chi connectivity index (χ4v) is 2.71. The van der Waals surface area contributed by atoms with Crippen molar-refractivity contribution in [3.8, 4) is 11.5 Å². The first-order valence-corrected chi connectivity index (χ1v) is 9.35. The largest absolute Gasteiger partial charge is 0.457 e. The molecule has 2 aromatic rings. The van der Waals surface area contributed by atoms with E-state index in [-0.39, 0.29) is 12.8 Å². The van der Waals surface area contributed by atoms with Gasteiger partial charge in [-0.25, -0.2) is 4.79 Å². The van der Waals surface area contributed by atoms with Crippen molar-refractivity contribution in [2.45, 2.75) is 31.9 Å². The standard InChI is InChI=1S/C21H21N3O6/c1-13(29-18(25)12-11-17-20(27)24-21(28)23-17)19(26)22-14-7-9-16(10-8-14)30-15-5-3-2-4-6-15/h2-10,13,17H,11-12H2,1H3,(H,22,26)(H2,23,24,27,28)/t13-,17+/m0/s1. The van der Waals surface area contributed by atoms with Crippen LogP contribution in [0.3, 0.4) is 0 Å². The lowest BCUT2D eigenvalue weighted by molar-refractivity contribution is -0.153. The minimum atomic E-state index is -1.02. The highest BCUT2D eigenvalue weighted by Crippen LogP contribution is 2.22. The number of carbonyl (C=O) groups excluding carboxylic acids is 4. The SMILES string of the molecule is C[C@H](OC(=O)CC[C@H]1NC(=O)NC1=O)C(=O)Nc1ccc(Oc2ccccc2)cc1. The third-order valence-corrected chi connectivity index (χ3v) is 4.27. The van der Waals surface area contributed by atoms with Crippen LogP contribution in [0.5, 0.6) is 11.5 Å². The zero-order valence-corrected chi connectivity index (χ0v) is 16.2. The monoisotopic (exact) mass is 411 g/mol. The maximum Gasteiger partial charge on any atom is 0.322 e. The average molecular weight is 411 g/mol. The highest BCUT2D eigenvalue weighted by atomic mass is 16.5. The lowest BCUT2D eigenvalue weighted by atomic mass is 10.1. The Morgan fingerprint density at radius 2 is 1.70 bits per heavy atom. The van der Waals surface area contributed by atoms with Crippen molar-refractivity contribution >= 4 is 29.5 Å². The van der Waals surface area contributed by atoms with Gasteiger partial charge < -0.3 is 20.1 Å². The van der Waals surface area contributed by atoms with Crippen molar-refractivity contribution in [2.24, 2.45) is 0 Å². The van der Waals surface area contributed by atoms with Crippen molar-refractivity contribution in [2.75, 3.05) is 5.32 Å². The Morgan fingerprint density at radius 3 is 2.33 bits per heavy atom. The summed E-state index contributed by atoms with van der Waals surface area (Å²) in [5, 5.41) is 7.13. The summed E-state index contributed by atoms with van der Waals surface area (Å²) in [6.07, 6.45) is -1.04. The number of ether oxygens (including phenoxy) is 2. The molecule has 1 fully saturated rings. The van der Waals surface area contributed by atoms with E-state index < -0.39 is 36.0 Å². The van der Waals surface area contributed by atoms with Crippen LogP contribution in [0.25, 0.3) is 0 Å². The van der Waals surface area contributed by atoms with E-state index >= 15 is 0 Å². The van der Waals surface area contributed by atoms with Crippen LogP contribution in [0.4, 0.5) is 10.5 Å². The predicted molar refractivity (Wildman–Crippen MR) is 107 cm³/mol. The Hall–Kier alpha value is -3.88. The molecular formula is C21H21N3O6. The van der Waals surface area contributed by atoms with Crippen molar-refractivity contribution in [3.05, 3.63) is 54.6 Å². The van der Waals surface area contributed by atoms with Gasteiger partial charge in [0.15, 0.2) is 6.10 Å². The molecule has 9 heteroatoms. The first-order chi connectivity index (χ1) is 14.4. The lowest BCUT2D eigenvalue weighted by Gasteiger charge is -2.14. The van der Waals surface area contributed by atoms with Crippen LogP contribution in [-0.4, -0.2) is 36.0 Å². The summed E-state index contributed by atoms with van der Waals surface area (Å²) in [6, 6.07) is 14.7. The van der Waals surface area contributed by atoms with Gasteiger partial charge in [0.1, 0.15) is 17.5 Å². The van der Waals surface area contributed by atoms with Gasteiger partial charge in [-0.05, 0) is 49.7 Å². The third kappa shape index (κ3) is 5.81. The number of hydrogen-bond donors (Lipinski definition) is 3. The molecule has 3 rings (SSSR count). The van der Waals surface area contributed by atoms with Crippen molar-refractivity contribution in [1.29, 1.82) is 0 Å². The van der Waals surface area contributed by atoms with E-state index in [9.17, 15) is 19.2 Å². The van der Waals surface area contributed by atoms with Crippen LogP contribution in [0.15, 0.2) is 54.6 Å². The molecule has 30 heavy (non-hydrogen) atoms. The number of para-hydroxylation sites is 1. The van der Waals surface area contributed by atoms with Crippen LogP contribution >= 0.6 is 0 Å². The van der Waals surface area contributed by atoms with E-state index in [1.165, 1.54) is 6.92 Å². The Bertz CT molecular complexity index is 930. The number of carbonyl (C=O) groups is 4. The fourth-order valence-electron chi connectivity index (χ4n) is 2.71. The summed E-state index contributed by atoms with van der Waals surface area (Å²) in [7, 11) is 0. The minimum absolute atomic E-state index is 0.0909. The smallest absolute Gasteiger partial charge is 0.322 e. The van der Waals surface area contributed by atoms with Gasteiger partial charge in [-0.1, -0.05) is 18.2 Å². The van der Waals surface area contributed by atoms with Crippen molar-refractivity contribution in [1.82, 2.24) is 10.6 Å². The molecule has 3 N–H and O–H groups in total. The number of urea groups is 1. The summed E-state index contributed by atoms with van der Waals surface area (Å²) in [6.45, 7) is 1.45. The summed E-state index contributed by atoms with van der Waals surface area (Å²) in [4.78, 5) is 46.6. The molecule has 0 radical (unpaired) electrons. The summed E-state index contributed by atoms with van der Waals surface area (Å²) in [5.41, 5.74) is 0.522. The second-order valence-electron chi connectivity index (χ2n) is 6.61. The van der Waals surface area contributed by atoms with Crippen molar-refractivity contribution in [3.63, 3.8) is 0 Å². The number of benzene rings is 2. The maximum absolute atomic E-state index is 12.2. The Labute approximate surface area is 172 Å². The molecule has 1 saturated heterocycles. The molecule has 4 amide bonds.